The van der Waals surface area contributed by atoms with Crippen LogP contribution in [0.5, 0.6) is 0 Å². The Morgan fingerprint density at radius 3 is 2.57 bits per heavy atom. The summed E-state index contributed by atoms with van der Waals surface area (Å²) in [5, 5.41) is 15.5. The molecule has 1 aromatic heterocycles. The predicted octanol–water partition coefficient (Wildman–Crippen LogP) is 4.39. The summed E-state index contributed by atoms with van der Waals surface area (Å²) >= 11 is 5.96. The van der Waals surface area contributed by atoms with Gasteiger partial charge < -0.3 is 25.5 Å². The van der Waals surface area contributed by atoms with Crippen molar-refractivity contribution >= 4 is 40.3 Å². The average molecular weight is 540 g/mol. The Balaban J connectivity index is 1.70. The van der Waals surface area contributed by atoms with Gasteiger partial charge in [-0.25, -0.2) is 4.79 Å². The molecule has 0 saturated heterocycles. The molecule has 3 aromatic rings. The monoisotopic (exact) mass is 539 g/mol. The number of H-pyrrole nitrogens is 1. The van der Waals surface area contributed by atoms with E-state index in [-0.39, 0.29) is 25.6 Å². The average Bonchev–Trinajstić information content (AvgIpc) is 3.23. The van der Waals surface area contributed by atoms with Crippen LogP contribution in [0.2, 0.25) is 5.02 Å². The van der Waals surface area contributed by atoms with E-state index in [0.717, 1.165) is 10.9 Å². The highest BCUT2D eigenvalue weighted by molar-refractivity contribution is 6.30. The minimum absolute atomic E-state index is 0.00816. The van der Waals surface area contributed by atoms with Crippen molar-refractivity contribution in [2.75, 3.05) is 13.1 Å². The van der Waals surface area contributed by atoms with Gasteiger partial charge >= 0.3 is 18.1 Å². The standard InChI is InChI=1S/C25H25ClF3N3O5/c1-14(31-13-20(37-24(36)25(27,28)29)15-4-2-5-17(26)11-15)10-16-12-32-22-18(16)6-3-7-19(22)23(35)30-9-8-21(33)34/h2-7,11-12,14,20,31-32H,8-10,13H2,1H3,(H,30,35)(H,33,34)/t14-,20+/m1/s1. The maximum Gasteiger partial charge on any atom is 0.490 e. The molecular formula is C25H25ClF3N3O5. The second-order valence-electron chi connectivity index (χ2n) is 8.40. The SMILES string of the molecule is C[C@H](Cc1c[nH]c2c(C(=O)NCCC(=O)O)cccc12)NC[C@H](OC(=O)C(F)(F)F)c1cccc(Cl)c1. The highest BCUT2D eigenvalue weighted by atomic mass is 35.5. The first-order valence-electron chi connectivity index (χ1n) is 11.3. The lowest BCUT2D eigenvalue weighted by Gasteiger charge is -2.22. The molecule has 37 heavy (non-hydrogen) atoms. The van der Waals surface area contributed by atoms with Crippen LogP contribution in [0.4, 0.5) is 13.2 Å². The second kappa shape index (κ2) is 12.1. The van der Waals surface area contributed by atoms with Crippen LogP contribution in [0.25, 0.3) is 10.9 Å². The minimum atomic E-state index is -5.13. The number of esters is 1. The first-order chi connectivity index (χ1) is 17.5. The summed E-state index contributed by atoms with van der Waals surface area (Å²) in [6.07, 6.45) is -4.38. The predicted molar refractivity (Wildman–Crippen MR) is 130 cm³/mol. The Morgan fingerprint density at radius 1 is 1.16 bits per heavy atom. The number of hydrogen-bond donors (Lipinski definition) is 4. The number of aromatic amines is 1. The van der Waals surface area contributed by atoms with Crippen molar-refractivity contribution in [3.63, 3.8) is 0 Å². The number of benzene rings is 2. The number of aliphatic carboxylic acids is 1. The normalized spacial score (nSPS) is 13.2. The van der Waals surface area contributed by atoms with Crippen molar-refractivity contribution < 1.29 is 37.4 Å². The van der Waals surface area contributed by atoms with Gasteiger partial charge in [-0.2, -0.15) is 13.2 Å². The molecule has 3 rings (SSSR count). The number of alkyl halides is 3. The fourth-order valence-electron chi connectivity index (χ4n) is 3.79. The molecule has 0 aliphatic rings. The Hall–Kier alpha value is -3.57. The molecule has 198 valence electrons. The van der Waals surface area contributed by atoms with Crippen LogP contribution in [-0.2, 0) is 20.7 Å². The summed E-state index contributed by atoms with van der Waals surface area (Å²) in [5.74, 6) is -3.73. The molecule has 0 unspecified atom stereocenters. The molecule has 0 radical (unpaired) electrons. The maximum atomic E-state index is 12.8. The van der Waals surface area contributed by atoms with Gasteiger partial charge in [0.15, 0.2) is 0 Å². The molecule has 0 aliphatic carbocycles. The summed E-state index contributed by atoms with van der Waals surface area (Å²) in [4.78, 5) is 37.7. The smallest absolute Gasteiger partial charge is 0.481 e. The lowest BCUT2D eigenvalue weighted by molar-refractivity contribution is -0.205. The molecular weight excluding hydrogens is 515 g/mol. The number of rotatable bonds is 11. The van der Waals surface area contributed by atoms with Gasteiger partial charge in [0.2, 0.25) is 0 Å². The Morgan fingerprint density at radius 2 is 1.89 bits per heavy atom. The van der Waals surface area contributed by atoms with Crippen LogP contribution in [0, 0.1) is 0 Å². The van der Waals surface area contributed by atoms with E-state index >= 15 is 0 Å². The van der Waals surface area contributed by atoms with Gasteiger partial charge in [-0.1, -0.05) is 35.9 Å². The molecule has 0 bridgehead atoms. The zero-order valence-electron chi connectivity index (χ0n) is 19.7. The summed E-state index contributed by atoms with van der Waals surface area (Å²) in [6.45, 7) is 1.72. The molecule has 1 heterocycles. The molecule has 2 aromatic carbocycles. The molecule has 0 saturated carbocycles. The van der Waals surface area contributed by atoms with Gasteiger partial charge in [-0.3, -0.25) is 9.59 Å². The largest absolute Gasteiger partial charge is 0.490 e. The first kappa shape index (κ1) is 28.0. The molecule has 4 N–H and O–H groups in total. The molecule has 1 amide bonds. The van der Waals surface area contributed by atoms with E-state index in [4.69, 9.17) is 21.4 Å². The summed E-state index contributed by atoms with van der Waals surface area (Å²) in [5.41, 5.74) is 2.10. The highest BCUT2D eigenvalue weighted by Crippen LogP contribution is 2.26. The van der Waals surface area contributed by atoms with Gasteiger partial charge in [0, 0.05) is 35.7 Å². The molecule has 12 heteroatoms. The van der Waals surface area contributed by atoms with Crippen molar-refractivity contribution in [3.8, 4) is 0 Å². The number of ether oxygens (including phenoxy) is 1. The third-order valence-corrected chi connectivity index (χ3v) is 5.78. The number of carbonyl (C=O) groups excluding carboxylic acids is 2. The van der Waals surface area contributed by atoms with E-state index in [1.807, 2.05) is 13.0 Å². The first-order valence-corrected chi connectivity index (χ1v) is 11.7. The third-order valence-electron chi connectivity index (χ3n) is 5.55. The molecule has 0 spiro atoms. The van der Waals surface area contributed by atoms with Crippen LogP contribution in [0.15, 0.2) is 48.7 Å². The van der Waals surface area contributed by atoms with E-state index in [1.165, 1.54) is 12.1 Å². The van der Waals surface area contributed by atoms with Crippen LogP contribution < -0.4 is 10.6 Å². The van der Waals surface area contributed by atoms with Crippen LogP contribution in [0.3, 0.4) is 0 Å². The van der Waals surface area contributed by atoms with Gasteiger partial charge in [-0.15, -0.1) is 0 Å². The van der Waals surface area contributed by atoms with Crippen molar-refractivity contribution in [1.82, 2.24) is 15.6 Å². The van der Waals surface area contributed by atoms with Crippen LogP contribution in [-0.4, -0.2) is 53.2 Å². The molecule has 0 fully saturated rings. The number of nitrogens with one attached hydrogen (secondary N) is 3. The van der Waals surface area contributed by atoms with E-state index < -0.39 is 30.1 Å². The Kier molecular flexibility index (Phi) is 9.17. The highest BCUT2D eigenvalue weighted by Gasteiger charge is 2.42. The van der Waals surface area contributed by atoms with E-state index in [1.54, 1.807) is 30.5 Å². The Bertz CT molecular complexity index is 1280. The number of carboxylic acid groups (broad SMARTS) is 1. The number of fused-ring (bicyclic) bond motifs is 1. The second-order valence-corrected chi connectivity index (χ2v) is 8.84. The quantitative estimate of drug-likeness (QED) is 0.268. The van der Waals surface area contributed by atoms with Gasteiger partial charge in [-0.05, 0) is 42.7 Å². The number of carboxylic acids is 1. The maximum absolute atomic E-state index is 12.8. The number of carbonyl (C=O) groups is 3. The third kappa shape index (κ3) is 7.70. The van der Waals surface area contributed by atoms with Crippen LogP contribution in [0.1, 0.15) is 40.9 Å². The summed E-state index contributed by atoms with van der Waals surface area (Å²) < 4.78 is 43.2. The van der Waals surface area contributed by atoms with E-state index in [0.29, 0.717) is 28.1 Å². The lowest BCUT2D eigenvalue weighted by atomic mass is 10.0. The van der Waals surface area contributed by atoms with E-state index in [2.05, 4.69) is 15.6 Å². The fourth-order valence-corrected chi connectivity index (χ4v) is 3.99. The minimum Gasteiger partial charge on any atom is -0.481 e. The molecule has 8 nitrogen and oxygen atoms in total. The topological polar surface area (TPSA) is 121 Å². The van der Waals surface area contributed by atoms with Crippen molar-refractivity contribution in [2.45, 2.75) is 38.1 Å². The van der Waals surface area contributed by atoms with Gasteiger partial charge in [0.25, 0.3) is 5.91 Å². The van der Waals surface area contributed by atoms with Crippen molar-refractivity contribution in [1.29, 1.82) is 0 Å². The number of amides is 1. The van der Waals surface area contributed by atoms with Crippen LogP contribution >= 0.6 is 11.6 Å². The zero-order chi connectivity index (χ0) is 27.2. The zero-order valence-corrected chi connectivity index (χ0v) is 20.4. The summed E-state index contributed by atoms with van der Waals surface area (Å²) in [7, 11) is 0. The fraction of sp³-hybridized carbons (Fsp3) is 0.320. The Labute approximate surface area is 215 Å². The number of hydrogen-bond acceptors (Lipinski definition) is 5. The van der Waals surface area contributed by atoms with Crippen molar-refractivity contribution in [2.24, 2.45) is 0 Å². The number of halogens is 4. The lowest BCUT2D eigenvalue weighted by Crippen LogP contribution is -2.35. The summed E-state index contributed by atoms with van der Waals surface area (Å²) in [6, 6.07) is 11.0. The van der Waals surface area contributed by atoms with E-state index in [9.17, 15) is 27.6 Å². The number of aromatic nitrogens is 1. The molecule has 2 atom stereocenters. The van der Waals surface area contributed by atoms with Gasteiger partial charge in [0.05, 0.1) is 17.5 Å². The van der Waals surface area contributed by atoms with Crippen molar-refractivity contribution in [3.05, 3.63) is 70.4 Å². The number of para-hydroxylation sites is 1. The van der Waals surface area contributed by atoms with Gasteiger partial charge in [0.1, 0.15) is 6.10 Å². The molecule has 0 aliphatic heterocycles.